The van der Waals surface area contributed by atoms with Gasteiger partial charge in [-0.1, -0.05) is 13.8 Å². The normalized spacial score (nSPS) is 13.4. The Labute approximate surface area is 87.7 Å². The molecule has 1 heterocycles. The molecule has 2 nitrogen and oxygen atoms in total. The van der Waals surface area contributed by atoms with Crippen LogP contribution in [0.2, 0.25) is 0 Å². The number of aryl methyl sites for hydroxylation is 1. The zero-order valence-corrected chi connectivity index (χ0v) is 9.80. The maximum absolute atomic E-state index is 6.00. The highest BCUT2D eigenvalue weighted by atomic mass is 79.9. The maximum atomic E-state index is 6.00. The Kier molecular flexibility index (Phi) is 3.45. The van der Waals surface area contributed by atoms with Gasteiger partial charge in [0, 0.05) is 10.7 Å². The largest absolute Gasteiger partial charge is 0.322 e. The minimum Gasteiger partial charge on any atom is -0.322 e. The van der Waals surface area contributed by atoms with E-state index in [1.165, 1.54) is 0 Å². The lowest BCUT2D eigenvalue weighted by atomic mass is 10.0. The topological polar surface area (TPSA) is 38.9 Å². The summed E-state index contributed by atoms with van der Waals surface area (Å²) >= 11 is 3.47. The number of nitrogens with zero attached hydrogens (tertiary/aromatic N) is 1. The van der Waals surface area contributed by atoms with Crippen molar-refractivity contribution in [2.45, 2.75) is 26.8 Å². The number of nitrogens with two attached hydrogens (primary N) is 1. The van der Waals surface area contributed by atoms with Crippen molar-refractivity contribution in [3.8, 4) is 0 Å². The SMILES string of the molecule is Cc1cnc(C(N)C(C)C)c(Br)c1. The molecule has 0 amide bonds. The fourth-order valence-electron chi connectivity index (χ4n) is 1.11. The van der Waals surface area contributed by atoms with Gasteiger partial charge in [-0.05, 0) is 40.4 Å². The molecule has 2 N–H and O–H groups in total. The van der Waals surface area contributed by atoms with Crippen LogP contribution in [-0.4, -0.2) is 4.98 Å². The van der Waals surface area contributed by atoms with Crippen molar-refractivity contribution in [2.24, 2.45) is 11.7 Å². The Balaban J connectivity index is 3.01. The van der Waals surface area contributed by atoms with Crippen LogP contribution < -0.4 is 5.73 Å². The van der Waals surface area contributed by atoms with Gasteiger partial charge < -0.3 is 5.73 Å². The van der Waals surface area contributed by atoms with Crippen LogP contribution in [0.5, 0.6) is 0 Å². The number of rotatable bonds is 2. The van der Waals surface area contributed by atoms with Crippen molar-refractivity contribution >= 4 is 15.9 Å². The lowest BCUT2D eigenvalue weighted by Crippen LogP contribution is -2.18. The van der Waals surface area contributed by atoms with Crippen molar-refractivity contribution in [1.82, 2.24) is 4.98 Å². The fourth-order valence-corrected chi connectivity index (χ4v) is 1.83. The molecule has 0 saturated carbocycles. The third-order valence-corrected chi connectivity index (χ3v) is 2.68. The molecule has 0 bridgehead atoms. The van der Waals surface area contributed by atoms with E-state index in [1.807, 2.05) is 19.2 Å². The minimum atomic E-state index is 0.00924. The van der Waals surface area contributed by atoms with Gasteiger partial charge in [-0.25, -0.2) is 0 Å². The fraction of sp³-hybridized carbons (Fsp3) is 0.500. The van der Waals surface area contributed by atoms with E-state index >= 15 is 0 Å². The predicted molar refractivity (Wildman–Crippen MR) is 58.4 cm³/mol. The molecule has 0 saturated heterocycles. The van der Waals surface area contributed by atoms with Gasteiger partial charge in [0.2, 0.25) is 0 Å². The quantitative estimate of drug-likeness (QED) is 0.867. The van der Waals surface area contributed by atoms with E-state index in [9.17, 15) is 0 Å². The second-order valence-corrected chi connectivity index (χ2v) is 4.50. The number of aromatic nitrogens is 1. The Morgan fingerprint density at radius 2 is 2.08 bits per heavy atom. The summed E-state index contributed by atoms with van der Waals surface area (Å²) in [6.45, 7) is 6.21. The molecule has 3 heteroatoms. The van der Waals surface area contributed by atoms with Gasteiger partial charge in [0.1, 0.15) is 0 Å². The number of halogens is 1. The number of hydrogen-bond acceptors (Lipinski definition) is 2. The first-order valence-corrected chi connectivity index (χ1v) is 5.19. The van der Waals surface area contributed by atoms with Crippen LogP contribution >= 0.6 is 15.9 Å². The van der Waals surface area contributed by atoms with Crippen LogP contribution in [0.15, 0.2) is 16.7 Å². The highest BCUT2D eigenvalue weighted by Gasteiger charge is 2.14. The van der Waals surface area contributed by atoms with Crippen LogP contribution in [-0.2, 0) is 0 Å². The molecule has 1 rings (SSSR count). The summed E-state index contributed by atoms with van der Waals surface area (Å²) < 4.78 is 1.01. The summed E-state index contributed by atoms with van der Waals surface area (Å²) in [6, 6.07) is 2.06. The molecule has 72 valence electrons. The third kappa shape index (κ3) is 2.51. The second kappa shape index (κ2) is 4.20. The van der Waals surface area contributed by atoms with Crippen LogP contribution in [0, 0.1) is 12.8 Å². The third-order valence-electron chi connectivity index (χ3n) is 2.04. The summed E-state index contributed by atoms with van der Waals surface area (Å²) in [7, 11) is 0. The van der Waals surface area contributed by atoms with Gasteiger partial charge in [0.25, 0.3) is 0 Å². The van der Waals surface area contributed by atoms with E-state index in [2.05, 4.69) is 34.8 Å². The summed E-state index contributed by atoms with van der Waals surface area (Å²) in [5.41, 5.74) is 8.09. The molecule has 1 unspecified atom stereocenters. The first kappa shape index (κ1) is 10.7. The Morgan fingerprint density at radius 3 is 2.54 bits per heavy atom. The van der Waals surface area contributed by atoms with Crippen LogP contribution in [0.4, 0.5) is 0 Å². The second-order valence-electron chi connectivity index (χ2n) is 3.65. The molecule has 0 aliphatic carbocycles. The molecule has 0 spiro atoms. The molecule has 0 aliphatic rings. The van der Waals surface area contributed by atoms with Gasteiger partial charge >= 0.3 is 0 Å². The van der Waals surface area contributed by atoms with Crippen molar-refractivity contribution in [3.05, 3.63) is 28.0 Å². The molecule has 1 atom stereocenters. The van der Waals surface area contributed by atoms with E-state index in [-0.39, 0.29) is 6.04 Å². The lowest BCUT2D eigenvalue weighted by Gasteiger charge is -2.16. The first-order chi connectivity index (χ1) is 6.02. The molecular formula is C10H15BrN2. The zero-order valence-electron chi connectivity index (χ0n) is 8.21. The minimum absolute atomic E-state index is 0.00924. The summed E-state index contributed by atoms with van der Waals surface area (Å²) in [5, 5.41) is 0. The van der Waals surface area contributed by atoms with Gasteiger partial charge in [-0.15, -0.1) is 0 Å². The predicted octanol–water partition coefficient (Wildman–Crippen LogP) is 2.81. The van der Waals surface area contributed by atoms with Crippen LogP contribution in [0.1, 0.15) is 31.1 Å². The van der Waals surface area contributed by atoms with Crippen LogP contribution in [0.3, 0.4) is 0 Å². The smallest absolute Gasteiger partial charge is 0.0715 e. The molecule has 0 fully saturated rings. The van der Waals surface area contributed by atoms with Crippen LogP contribution in [0.25, 0.3) is 0 Å². The first-order valence-electron chi connectivity index (χ1n) is 4.40. The highest BCUT2D eigenvalue weighted by molar-refractivity contribution is 9.10. The molecule has 0 radical (unpaired) electrons. The number of hydrogen-bond donors (Lipinski definition) is 1. The van der Waals surface area contributed by atoms with Gasteiger partial charge in [-0.2, -0.15) is 0 Å². The maximum Gasteiger partial charge on any atom is 0.0715 e. The highest BCUT2D eigenvalue weighted by Crippen LogP contribution is 2.25. The molecule has 13 heavy (non-hydrogen) atoms. The summed E-state index contributed by atoms with van der Waals surface area (Å²) in [6.07, 6.45) is 1.85. The molecule has 0 aliphatic heterocycles. The lowest BCUT2D eigenvalue weighted by molar-refractivity contribution is 0.501. The Hall–Kier alpha value is -0.410. The molecule has 1 aromatic rings. The Morgan fingerprint density at radius 1 is 1.46 bits per heavy atom. The Bertz CT molecular complexity index is 297. The van der Waals surface area contributed by atoms with E-state index in [1.54, 1.807) is 0 Å². The average molecular weight is 243 g/mol. The van der Waals surface area contributed by atoms with Crippen molar-refractivity contribution in [1.29, 1.82) is 0 Å². The van der Waals surface area contributed by atoms with Gasteiger partial charge in [-0.3, -0.25) is 4.98 Å². The summed E-state index contributed by atoms with van der Waals surface area (Å²) in [5.74, 6) is 0.409. The van der Waals surface area contributed by atoms with Crippen molar-refractivity contribution < 1.29 is 0 Å². The van der Waals surface area contributed by atoms with Gasteiger partial charge in [0.05, 0.1) is 11.7 Å². The van der Waals surface area contributed by atoms with Crippen molar-refractivity contribution in [2.75, 3.05) is 0 Å². The van der Waals surface area contributed by atoms with E-state index < -0.39 is 0 Å². The monoisotopic (exact) mass is 242 g/mol. The average Bonchev–Trinajstić information content (AvgIpc) is 2.03. The molecular weight excluding hydrogens is 228 g/mol. The van der Waals surface area contributed by atoms with Crippen molar-refractivity contribution in [3.63, 3.8) is 0 Å². The van der Waals surface area contributed by atoms with E-state index in [4.69, 9.17) is 5.73 Å². The van der Waals surface area contributed by atoms with E-state index in [0.717, 1.165) is 15.7 Å². The molecule has 0 aromatic carbocycles. The number of pyridine rings is 1. The summed E-state index contributed by atoms with van der Waals surface area (Å²) in [4.78, 5) is 4.33. The standard InChI is InChI=1S/C10H15BrN2/c1-6(2)9(12)10-8(11)4-7(3)5-13-10/h4-6,9H,12H2,1-3H3. The van der Waals surface area contributed by atoms with E-state index in [0.29, 0.717) is 5.92 Å². The van der Waals surface area contributed by atoms with Gasteiger partial charge in [0.15, 0.2) is 0 Å². The zero-order chi connectivity index (χ0) is 10.0. The molecule has 1 aromatic heterocycles.